The molecule has 2 atom stereocenters. The Balaban J connectivity index is 1.97. The summed E-state index contributed by atoms with van der Waals surface area (Å²) in [4.78, 5) is 23.8. The standard InChI is InChI=1S/C9H13NO4/c1-13-9(12)10-3-2-6-4-8(11)14-7(6)5-10/h6-7H,2-5H2,1H3/t6-,7-/m0/s1. The SMILES string of the molecule is COC(=O)N1CC[C@H]2CC(=O)O[C@H]2C1. The van der Waals surface area contributed by atoms with Gasteiger partial charge in [-0.05, 0) is 6.42 Å². The molecule has 0 aromatic rings. The maximum absolute atomic E-state index is 11.2. The maximum Gasteiger partial charge on any atom is 0.409 e. The van der Waals surface area contributed by atoms with Crippen molar-refractivity contribution in [3.63, 3.8) is 0 Å². The highest BCUT2D eigenvalue weighted by molar-refractivity contribution is 5.73. The monoisotopic (exact) mass is 199 g/mol. The zero-order chi connectivity index (χ0) is 10.1. The lowest BCUT2D eigenvalue weighted by molar-refractivity contribution is -0.142. The van der Waals surface area contributed by atoms with E-state index in [1.807, 2.05) is 0 Å². The van der Waals surface area contributed by atoms with Crippen LogP contribution >= 0.6 is 0 Å². The van der Waals surface area contributed by atoms with Gasteiger partial charge in [-0.25, -0.2) is 4.79 Å². The van der Waals surface area contributed by atoms with Crippen LogP contribution in [0.25, 0.3) is 0 Å². The van der Waals surface area contributed by atoms with Gasteiger partial charge in [0.15, 0.2) is 0 Å². The van der Waals surface area contributed by atoms with Gasteiger partial charge in [-0.1, -0.05) is 0 Å². The Morgan fingerprint density at radius 1 is 1.64 bits per heavy atom. The van der Waals surface area contributed by atoms with Crippen LogP contribution in [0, 0.1) is 5.92 Å². The summed E-state index contributed by atoms with van der Waals surface area (Å²) in [5, 5.41) is 0. The van der Waals surface area contributed by atoms with Gasteiger partial charge in [0.2, 0.25) is 0 Å². The molecule has 0 spiro atoms. The number of esters is 1. The number of hydrogen-bond donors (Lipinski definition) is 0. The van der Waals surface area contributed by atoms with E-state index in [-0.39, 0.29) is 18.2 Å². The van der Waals surface area contributed by atoms with Gasteiger partial charge in [0.1, 0.15) is 6.10 Å². The molecular weight excluding hydrogens is 186 g/mol. The Kier molecular flexibility index (Phi) is 2.31. The Morgan fingerprint density at radius 3 is 3.14 bits per heavy atom. The molecule has 2 rings (SSSR count). The van der Waals surface area contributed by atoms with E-state index in [1.54, 1.807) is 4.90 Å². The smallest absolute Gasteiger partial charge is 0.409 e. The predicted molar refractivity (Wildman–Crippen MR) is 46.6 cm³/mol. The van der Waals surface area contributed by atoms with Crippen molar-refractivity contribution in [3.8, 4) is 0 Å². The van der Waals surface area contributed by atoms with Crippen LogP contribution in [0.4, 0.5) is 4.79 Å². The van der Waals surface area contributed by atoms with E-state index in [1.165, 1.54) is 7.11 Å². The summed E-state index contributed by atoms with van der Waals surface area (Å²) in [6.07, 6.45) is 0.868. The van der Waals surface area contributed by atoms with E-state index in [0.29, 0.717) is 25.4 Å². The van der Waals surface area contributed by atoms with E-state index in [4.69, 9.17) is 4.74 Å². The van der Waals surface area contributed by atoms with Gasteiger partial charge in [-0.15, -0.1) is 0 Å². The number of piperidine rings is 1. The zero-order valence-corrected chi connectivity index (χ0v) is 8.06. The second-order valence-electron chi connectivity index (χ2n) is 3.70. The van der Waals surface area contributed by atoms with Gasteiger partial charge in [0.05, 0.1) is 20.1 Å². The molecule has 14 heavy (non-hydrogen) atoms. The van der Waals surface area contributed by atoms with Crippen LogP contribution in [0.1, 0.15) is 12.8 Å². The molecule has 0 unspecified atom stereocenters. The van der Waals surface area contributed by atoms with Crippen LogP contribution in [-0.2, 0) is 14.3 Å². The van der Waals surface area contributed by atoms with Crippen molar-refractivity contribution >= 4 is 12.1 Å². The minimum atomic E-state index is -0.341. The van der Waals surface area contributed by atoms with Crippen molar-refractivity contribution in [2.45, 2.75) is 18.9 Å². The van der Waals surface area contributed by atoms with E-state index in [0.717, 1.165) is 6.42 Å². The third-order valence-electron chi connectivity index (χ3n) is 2.84. The van der Waals surface area contributed by atoms with Crippen molar-refractivity contribution in [1.29, 1.82) is 0 Å². The molecule has 78 valence electrons. The Labute approximate surface area is 82.0 Å². The lowest BCUT2D eigenvalue weighted by Gasteiger charge is -2.32. The zero-order valence-electron chi connectivity index (χ0n) is 8.06. The Morgan fingerprint density at radius 2 is 2.43 bits per heavy atom. The summed E-state index contributed by atoms with van der Waals surface area (Å²) in [5.74, 6) is 0.148. The van der Waals surface area contributed by atoms with Gasteiger partial charge in [-0.2, -0.15) is 0 Å². The molecule has 2 saturated heterocycles. The molecule has 0 saturated carbocycles. The molecule has 2 aliphatic rings. The number of carbonyl (C=O) groups excluding carboxylic acids is 2. The number of likely N-dealkylation sites (tertiary alicyclic amines) is 1. The summed E-state index contributed by atoms with van der Waals surface area (Å²) in [7, 11) is 1.36. The number of methoxy groups -OCH3 is 1. The van der Waals surface area contributed by atoms with E-state index < -0.39 is 0 Å². The van der Waals surface area contributed by atoms with Crippen LogP contribution in [0.2, 0.25) is 0 Å². The van der Waals surface area contributed by atoms with Crippen molar-refractivity contribution in [1.82, 2.24) is 4.90 Å². The first-order valence-electron chi connectivity index (χ1n) is 4.73. The summed E-state index contributed by atoms with van der Waals surface area (Å²) < 4.78 is 9.71. The highest BCUT2D eigenvalue weighted by Crippen LogP contribution is 2.29. The van der Waals surface area contributed by atoms with E-state index >= 15 is 0 Å². The average Bonchev–Trinajstić information content (AvgIpc) is 2.55. The number of amides is 1. The fourth-order valence-electron chi connectivity index (χ4n) is 2.06. The topological polar surface area (TPSA) is 55.8 Å². The molecule has 2 fully saturated rings. The van der Waals surface area contributed by atoms with Crippen LogP contribution in [0.5, 0.6) is 0 Å². The van der Waals surface area contributed by atoms with Gasteiger partial charge >= 0.3 is 12.1 Å². The fraction of sp³-hybridized carbons (Fsp3) is 0.778. The van der Waals surface area contributed by atoms with Gasteiger partial charge in [-0.3, -0.25) is 4.79 Å². The van der Waals surface area contributed by atoms with Crippen molar-refractivity contribution in [2.75, 3.05) is 20.2 Å². The van der Waals surface area contributed by atoms with Crippen molar-refractivity contribution < 1.29 is 19.1 Å². The molecular formula is C9H13NO4. The van der Waals surface area contributed by atoms with Crippen LogP contribution in [-0.4, -0.2) is 43.3 Å². The number of hydrogen-bond acceptors (Lipinski definition) is 4. The molecule has 0 N–H and O–H groups in total. The molecule has 0 aliphatic carbocycles. The molecule has 0 aromatic carbocycles. The summed E-state index contributed by atoms with van der Waals surface area (Å²) in [6, 6.07) is 0. The van der Waals surface area contributed by atoms with Crippen molar-refractivity contribution in [3.05, 3.63) is 0 Å². The third-order valence-corrected chi connectivity index (χ3v) is 2.84. The number of ether oxygens (including phenoxy) is 2. The number of carbonyl (C=O) groups is 2. The lowest BCUT2D eigenvalue weighted by atomic mass is 9.93. The van der Waals surface area contributed by atoms with Crippen LogP contribution < -0.4 is 0 Å². The van der Waals surface area contributed by atoms with Gasteiger partial charge < -0.3 is 14.4 Å². The fourth-order valence-corrected chi connectivity index (χ4v) is 2.06. The molecule has 2 aliphatic heterocycles. The molecule has 2 heterocycles. The minimum Gasteiger partial charge on any atom is -0.460 e. The lowest BCUT2D eigenvalue weighted by Crippen LogP contribution is -2.45. The number of rotatable bonds is 0. The first kappa shape index (κ1) is 9.30. The first-order valence-corrected chi connectivity index (χ1v) is 4.73. The second-order valence-corrected chi connectivity index (χ2v) is 3.70. The second kappa shape index (κ2) is 3.48. The molecule has 0 aromatic heterocycles. The van der Waals surface area contributed by atoms with Gasteiger partial charge in [0.25, 0.3) is 0 Å². The Bertz CT molecular complexity index is 266. The normalized spacial score (nSPS) is 30.9. The third kappa shape index (κ3) is 1.54. The van der Waals surface area contributed by atoms with Crippen LogP contribution in [0.15, 0.2) is 0 Å². The summed E-state index contributed by atoms with van der Waals surface area (Å²) in [5.41, 5.74) is 0. The number of nitrogens with zero attached hydrogens (tertiary/aromatic N) is 1. The molecule has 0 radical (unpaired) electrons. The molecule has 5 nitrogen and oxygen atoms in total. The number of fused-ring (bicyclic) bond motifs is 1. The van der Waals surface area contributed by atoms with E-state index in [2.05, 4.69) is 4.74 Å². The van der Waals surface area contributed by atoms with E-state index in [9.17, 15) is 9.59 Å². The van der Waals surface area contributed by atoms with Gasteiger partial charge in [0, 0.05) is 12.5 Å². The quantitative estimate of drug-likeness (QED) is 0.529. The molecule has 5 heteroatoms. The summed E-state index contributed by atoms with van der Waals surface area (Å²) >= 11 is 0. The minimum absolute atomic E-state index is 0.115. The highest BCUT2D eigenvalue weighted by atomic mass is 16.6. The first-order chi connectivity index (χ1) is 6.70. The molecule has 0 bridgehead atoms. The Hall–Kier alpha value is -1.26. The van der Waals surface area contributed by atoms with Crippen molar-refractivity contribution in [2.24, 2.45) is 5.92 Å². The maximum atomic E-state index is 11.2. The largest absolute Gasteiger partial charge is 0.460 e. The highest BCUT2D eigenvalue weighted by Gasteiger charge is 2.40. The van der Waals surface area contributed by atoms with Crippen LogP contribution in [0.3, 0.4) is 0 Å². The molecule has 1 amide bonds. The average molecular weight is 199 g/mol. The predicted octanol–water partition coefficient (Wildman–Crippen LogP) is 0.390. The summed E-state index contributed by atoms with van der Waals surface area (Å²) in [6.45, 7) is 1.13.